The molecule has 0 bridgehead atoms. The van der Waals surface area contributed by atoms with Gasteiger partial charge in [-0.25, -0.2) is 0 Å². The Balaban J connectivity index is 0.00000180. The van der Waals surface area contributed by atoms with Crippen LogP contribution < -0.4 is 17.0 Å². The Morgan fingerprint density at radius 3 is 2.53 bits per heavy atom. The molecule has 0 aliphatic heterocycles. The average Bonchev–Trinajstić information content (AvgIpc) is 2.37. The highest BCUT2D eigenvalue weighted by atomic mass is 79.9. The highest BCUT2D eigenvalue weighted by molar-refractivity contribution is 9.10. The lowest BCUT2D eigenvalue weighted by atomic mass is 10.1. The summed E-state index contributed by atoms with van der Waals surface area (Å²) in [5.41, 5.74) is 0.621. The molecule has 0 atom stereocenters. The molecule has 0 saturated carbocycles. The Labute approximate surface area is 125 Å². The monoisotopic (exact) mass is 339 g/mol. The van der Waals surface area contributed by atoms with E-state index < -0.39 is 0 Å². The van der Waals surface area contributed by atoms with Crippen LogP contribution in [0.4, 0.5) is 0 Å². The molecule has 1 N–H and O–H groups in total. The number of nitrogens with zero attached hydrogens (tertiary/aromatic N) is 1. The van der Waals surface area contributed by atoms with Crippen LogP contribution in [0.5, 0.6) is 5.75 Å². The van der Waals surface area contributed by atoms with Crippen molar-refractivity contribution >= 4 is 27.9 Å². The van der Waals surface area contributed by atoms with Crippen LogP contribution in [0.1, 0.15) is 10.4 Å². The summed E-state index contributed by atoms with van der Waals surface area (Å²) < 4.78 is 2.55. The fraction of sp³-hybridized carbons (Fsp3) is 0. The third-order valence-corrected chi connectivity index (χ3v) is 2.86. The quantitative estimate of drug-likeness (QED) is 0.478. The number of allylic oxidation sites excluding steroid dienone is 1. The Morgan fingerprint density at radius 2 is 1.89 bits per heavy atom. The Morgan fingerprint density at radius 1 is 1.21 bits per heavy atom. The molecule has 2 aromatic rings. The molecule has 1 aromatic carbocycles. The molecular weight excluding hydrogens is 330 g/mol. The van der Waals surface area contributed by atoms with Crippen molar-refractivity contribution < 1.29 is 26.9 Å². The Bertz CT molecular complexity index is 597. The first-order chi connectivity index (χ1) is 8.65. The van der Waals surface area contributed by atoms with Gasteiger partial charge in [-0.2, -0.15) is 4.57 Å². The van der Waals surface area contributed by atoms with Gasteiger partial charge in [-0.1, -0.05) is 15.9 Å². The van der Waals surface area contributed by atoms with Crippen LogP contribution in [0.25, 0.3) is 6.20 Å². The van der Waals surface area contributed by atoms with Crippen LogP contribution in [-0.4, -0.2) is 10.9 Å². The van der Waals surface area contributed by atoms with Crippen molar-refractivity contribution in [3.8, 4) is 5.75 Å². The van der Waals surface area contributed by atoms with E-state index in [0.717, 1.165) is 4.47 Å². The molecule has 0 radical (unpaired) electrons. The van der Waals surface area contributed by atoms with Gasteiger partial charge in [-0.3, -0.25) is 4.79 Å². The lowest BCUT2D eigenvalue weighted by molar-refractivity contribution is -0.568. The standard InChI is InChI=1S/C14H10BrNO2.ClH/c15-12-5-3-11(4-6-12)14(18)7-9-16-8-1-2-13(17)10-16;/h1-10H;1H/b9-7+;. The molecule has 0 amide bonds. The van der Waals surface area contributed by atoms with Gasteiger partial charge in [0.25, 0.3) is 0 Å². The normalized spacial score (nSPS) is 10.2. The molecule has 0 aliphatic rings. The van der Waals surface area contributed by atoms with Crippen LogP contribution in [0.3, 0.4) is 0 Å². The lowest BCUT2D eigenvalue weighted by Gasteiger charge is -1.94. The number of rotatable bonds is 3. The maximum Gasteiger partial charge on any atom is 0.216 e. The third-order valence-electron chi connectivity index (χ3n) is 2.33. The topological polar surface area (TPSA) is 41.2 Å². The molecule has 98 valence electrons. The van der Waals surface area contributed by atoms with Crippen LogP contribution in [0, 0.1) is 0 Å². The number of benzene rings is 1. The van der Waals surface area contributed by atoms with Crippen molar-refractivity contribution in [3.05, 3.63) is 64.9 Å². The van der Waals surface area contributed by atoms with Gasteiger partial charge in [0.1, 0.15) is 0 Å². The molecule has 19 heavy (non-hydrogen) atoms. The van der Waals surface area contributed by atoms with Gasteiger partial charge in [-0.05, 0) is 30.3 Å². The molecule has 1 aromatic heterocycles. The van der Waals surface area contributed by atoms with E-state index in [0.29, 0.717) is 5.56 Å². The van der Waals surface area contributed by atoms with E-state index in [9.17, 15) is 9.90 Å². The Kier molecular flexibility index (Phi) is 5.73. The summed E-state index contributed by atoms with van der Waals surface area (Å²) in [7, 11) is 0. The van der Waals surface area contributed by atoms with Crippen LogP contribution >= 0.6 is 15.9 Å². The number of pyridine rings is 1. The van der Waals surface area contributed by atoms with Crippen molar-refractivity contribution in [2.45, 2.75) is 0 Å². The molecular formula is C14H11BrClNO2. The summed E-state index contributed by atoms with van der Waals surface area (Å²) in [6.45, 7) is 0. The van der Waals surface area contributed by atoms with Crippen molar-refractivity contribution in [2.75, 3.05) is 0 Å². The fourth-order valence-corrected chi connectivity index (χ4v) is 1.70. The second kappa shape index (κ2) is 7.07. The summed E-state index contributed by atoms with van der Waals surface area (Å²) in [6, 6.07) is 10.4. The van der Waals surface area contributed by atoms with Crippen molar-refractivity contribution in [1.29, 1.82) is 0 Å². The fourth-order valence-electron chi connectivity index (χ4n) is 1.44. The minimum atomic E-state index is -0.0849. The maximum atomic E-state index is 11.8. The predicted octanol–water partition coefficient (Wildman–Crippen LogP) is -0.200. The van der Waals surface area contributed by atoms with E-state index >= 15 is 0 Å². The van der Waals surface area contributed by atoms with Crippen molar-refractivity contribution in [1.82, 2.24) is 0 Å². The summed E-state index contributed by atoms with van der Waals surface area (Å²) in [5, 5.41) is 9.28. The van der Waals surface area contributed by atoms with Gasteiger partial charge in [0, 0.05) is 16.1 Å². The number of carbonyl (C=O) groups is 1. The van der Waals surface area contributed by atoms with E-state index in [4.69, 9.17) is 0 Å². The smallest absolute Gasteiger partial charge is 0.216 e. The van der Waals surface area contributed by atoms with E-state index in [-0.39, 0.29) is 23.9 Å². The molecule has 5 heteroatoms. The summed E-state index contributed by atoms with van der Waals surface area (Å²) >= 11 is 3.32. The van der Waals surface area contributed by atoms with Crippen molar-refractivity contribution in [3.63, 3.8) is 0 Å². The van der Waals surface area contributed by atoms with E-state index in [1.165, 1.54) is 12.3 Å². The van der Waals surface area contributed by atoms with E-state index in [1.807, 2.05) is 12.1 Å². The second-order valence-electron chi connectivity index (χ2n) is 3.70. The number of carbonyl (C=O) groups excluding carboxylic acids is 1. The minimum Gasteiger partial charge on any atom is -1.00 e. The number of ketones is 1. The predicted molar refractivity (Wildman–Crippen MR) is 72.1 cm³/mol. The zero-order chi connectivity index (χ0) is 13.0. The Hall–Kier alpha value is -1.65. The number of aromatic nitrogens is 1. The first-order valence-corrected chi connectivity index (χ1v) is 6.12. The number of hydrogen-bond donors (Lipinski definition) is 1. The first kappa shape index (κ1) is 15.4. The highest BCUT2D eigenvalue weighted by Crippen LogP contribution is 2.11. The maximum absolute atomic E-state index is 11.8. The molecule has 0 unspecified atom stereocenters. The molecule has 0 fully saturated rings. The second-order valence-corrected chi connectivity index (χ2v) is 4.61. The molecule has 0 saturated heterocycles. The minimum absolute atomic E-state index is 0. The van der Waals surface area contributed by atoms with Crippen molar-refractivity contribution in [2.24, 2.45) is 0 Å². The first-order valence-electron chi connectivity index (χ1n) is 5.33. The molecule has 3 nitrogen and oxygen atoms in total. The SMILES string of the molecule is O=C(/C=C/[n+]1cccc(O)c1)c1ccc(Br)cc1.[Cl-]. The number of hydrogen-bond acceptors (Lipinski definition) is 2. The zero-order valence-corrected chi connectivity index (χ0v) is 12.2. The van der Waals surface area contributed by atoms with Gasteiger partial charge in [-0.15, -0.1) is 0 Å². The number of halogens is 2. The third kappa shape index (κ3) is 4.50. The van der Waals surface area contributed by atoms with Gasteiger partial charge in [0.2, 0.25) is 6.20 Å². The lowest BCUT2D eigenvalue weighted by Crippen LogP contribution is -3.00. The van der Waals surface area contributed by atoms with Gasteiger partial charge in [0.15, 0.2) is 23.9 Å². The van der Waals surface area contributed by atoms with Crippen LogP contribution in [0.2, 0.25) is 0 Å². The van der Waals surface area contributed by atoms with Gasteiger partial charge >= 0.3 is 0 Å². The zero-order valence-electron chi connectivity index (χ0n) is 9.83. The summed E-state index contributed by atoms with van der Waals surface area (Å²) in [5.74, 6) is 0.0663. The van der Waals surface area contributed by atoms with E-state index in [2.05, 4.69) is 15.9 Å². The van der Waals surface area contributed by atoms with Crippen LogP contribution in [-0.2, 0) is 0 Å². The molecule has 2 rings (SSSR count). The molecule has 0 spiro atoms. The molecule has 0 aliphatic carbocycles. The summed E-state index contributed by atoms with van der Waals surface area (Å²) in [4.78, 5) is 11.8. The largest absolute Gasteiger partial charge is 1.00 e. The number of aromatic hydroxyl groups is 1. The summed E-state index contributed by atoms with van der Waals surface area (Å²) in [6.07, 6.45) is 6.32. The van der Waals surface area contributed by atoms with Gasteiger partial charge in [0.05, 0.1) is 6.08 Å². The van der Waals surface area contributed by atoms with E-state index in [1.54, 1.807) is 41.2 Å². The van der Waals surface area contributed by atoms with Gasteiger partial charge < -0.3 is 17.5 Å². The van der Waals surface area contributed by atoms with Crippen LogP contribution in [0.15, 0.2) is 59.3 Å². The highest BCUT2D eigenvalue weighted by Gasteiger charge is 2.03. The molecule has 1 heterocycles. The average molecular weight is 341 g/mol.